The van der Waals surface area contributed by atoms with Crippen LogP contribution in [0.1, 0.15) is 81.6 Å². The van der Waals surface area contributed by atoms with Crippen LogP contribution < -0.4 is 0 Å². The van der Waals surface area contributed by atoms with Crippen molar-refractivity contribution in [2.75, 3.05) is 0 Å². The molecule has 0 bridgehead atoms. The Bertz CT molecular complexity index is 213. The first-order valence-electron chi connectivity index (χ1n) is 7.56. The second-order valence-electron chi connectivity index (χ2n) is 7.59. The summed E-state index contributed by atoms with van der Waals surface area (Å²) in [5.74, 6) is 0.817. The molecule has 0 fully saturated rings. The SMILES string of the molecule is C=C.C=C(C)CC(C)(C)C.CCCC(C)(C)C(C)C. The molecule has 19 heavy (non-hydrogen) atoms. The number of rotatable bonds is 4. The maximum atomic E-state index is 3.84. The van der Waals surface area contributed by atoms with Crippen LogP contribution in [0, 0.1) is 16.7 Å². The quantitative estimate of drug-likeness (QED) is 0.470. The summed E-state index contributed by atoms with van der Waals surface area (Å²) < 4.78 is 0. The molecular weight excluding hydrogens is 228 g/mol. The fraction of sp³-hybridized carbons (Fsp3) is 0.789. The fourth-order valence-corrected chi connectivity index (χ4v) is 1.84. The van der Waals surface area contributed by atoms with Gasteiger partial charge in [0.1, 0.15) is 0 Å². The molecule has 0 N–H and O–H groups in total. The van der Waals surface area contributed by atoms with Gasteiger partial charge >= 0.3 is 0 Å². The maximum absolute atomic E-state index is 3.84. The Morgan fingerprint density at radius 3 is 1.42 bits per heavy atom. The van der Waals surface area contributed by atoms with Gasteiger partial charge in [0.15, 0.2) is 0 Å². The molecule has 0 unspecified atom stereocenters. The van der Waals surface area contributed by atoms with Gasteiger partial charge in [0, 0.05) is 0 Å². The highest BCUT2D eigenvalue weighted by Crippen LogP contribution is 2.30. The van der Waals surface area contributed by atoms with E-state index < -0.39 is 0 Å². The second kappa shape index (κ2) is 11.3. The number of hydrogen-bond donors (Lipinski definition) is 0. The van der Waals surface area contributed by atoms with Gasteiger partial charge in [0.05, 0.1) is 0 Å². The van der Waals surface area contributed by atoms with E-state index in [4.69, 9.17) is 0 Å². The van der Waals surface area contributed by atoms with Crippen LogP contribution in [0.2, 0.25) is 0 Å². The van der Waals surface area contributed by atoms with Gasteiger partial charge in [0.25, 0.3) is 0 Å². The third-order valence-electron chi connectivity index (χ3n) is 3.29. The van der Waals surface area contributed by atoms with Gasteiger partial charge in [-0.1, -0.05) is 67.4 Å². The lowest BCUT2D eigenvalue weighted by molar-refractivity contribution is 0.227. The monoisotopic (exact) mass is 268 g/mol. The average molecular weight is 269 g/mol. The first-order valence-corrected chi connectivity index (χ1v) is 7.56. The summed E-state index contributed by atoms with van der Waals surface area (Å²) >= 11 is 0. The molecule has 0 saturated carbocycles. The van der Waals surface area contributed by atoms with Gasteiger partial charge in [0.2, 0.25) is 0 Å². The minimum atomic E-state index is 0.422. The highest BCUT2D eigenvalue weighted by Gasteiger charge is 2.20. The largest absolute Gasteiger partial charge is 0.106 e. The van der Waals surface area contributed by atoms with Gasteiger partial charge in [-0.15, -0.1) is 19.7 Å². The van der Waals surface area contributed by atoms with Crippen molar-refractivity contribution in [1.82, 2.24) is 0 Å². The summed E-state index contributed by atoms with van der Waals surface area (Å²) in [4.78, 5) is 0. The number of allylic oxidation sites excluding steroid dienone is 1. The minimum Gasteiger partial charge on any atom is -0.106 e. The fourth-order valence-electron chi connectivity index (χ4n) is 1.84. The van der Waals surface area contributed by atoms with Gasteiger partial charge < -0.3 is 0 Å². The molecular formula is C19H40. The zero-order valence-corrected chi connectivity index (χ0v) is 15.3. The first-order chi connectivity index (χ1) is 8.42. The lowest BCUT2D eigenvalue weighted by Gasteiger charge is -2.28. The van der Waals surface area contributed by atoms with Crippen molar-refractivity contribution in [2.45, 2.75) is 81.6 Å². The summed E-state index contributed by atoms with van der Waals surface area (Å²) in [5, 5.41) is 0. The van der Waals surface area contributed by atoms with Crippen molar-refractivity contribution < 1.29 is 0 Å². The van der Waals surface area contributed by atoms with Gasteiger partial charge in [-0.25, -0.2) is 0 Å². The van der Waals surface area contributed by atoms with E-state index in [1.54, 1.807) is 0 Å². The first kappa shape index (κ1) is 23.6. The molecule has 0 amide bonds. The topological polar surface area (TPSA) is 0 Å². The highest BCUT2D eigenvalue weighted by molar-refractivity contribution is 4.92. The van der Waals surface area contributed by atoms with Gasteiger partial charge in [-0.3, -0.25) is 0 Å². The van der Waals surface area contributed by atoms with Crippen molar-refractivity contribution in [2.24, 2.45) is 16.7 Å². The Morgan fingerprint density at radius 1 is 1.00 bits per heavy atom. The Hall–Kier alpha value is -0.520. The van der Waals surface area contributed by atoms with E-state index in [9.17, 15) is 0 Å². The Kier molecular flexibility index (Phi) is 14.0. The van der Waals surface area contributed by atoms with Gasteiger partial charge in [-0.2, -0.15) is 0 Å². The smallest absolute Gasteiger partial charge is 0.0277 e. The van der Waals surface area contributed by atoms with Crippen LogP contribution in [-0.4, -0.2) is 0 Å². The Balaban J connectivity index is -0.000000239. The third kappa shape index (κ3) is 20.0. The zero-order chi connectivity index (χ0) is 16.3. The number of hydrogen-bond acceptors (Lipinski definition) is 0. The Labute approximate surface area is 124 Å². The van der Waals surface area contributed by atoms with Crippen molar-refractivity contribution in [3.05, 3.63) is 25.3 Å². The molecule has 0 aliphatic carbocycles. The third-order valence-corrected chi connectivity index (χ3v) is 3.29. The van der Waals surface area contributed by atoms with Crippen LogP contribution in [-0.2, 0) is 0 Å². The highest BCUT2D eigenvalue weighted by atomic mass is 14.3. The van der Waals surface area contributed by atoms with E-state index in [-0.39, 0.29) is 0 Å². The van der Waals surface area contributed by atoms with Crippen LogP contribution in [0.15, 0.2) is 25.3 Å². The summed E-state index contributed by atoms with van der Waals surface area (Å²) in [5.41, 5.74) is 2.25. The normalized spacial score (nSPS) is 11.1. The predicted molar refractivity (Wildman–Crippen MR) is 93.7 cm³/mol. The molecule has 0 nitrogen and oxygen atoms in total. The summed E-state index contributed by atoms with van der Waals surface area (Å²) in [6.07, 6.45) is 3.79. The molecule has 0 aliphatic rings. The van der Waals surface area contributed by atoms with Gasteiger partial charge in [-0.05, 0) is 36.5 Å². The molecule has 116 valence electrons. The molecule has 0 aliphatic heterocycles. The Morgan fingerprint density at radius 2 is 1.37 bits per heavy atom. The molecule has 0 heteroatoms. The lowest BCUT2D eigenvalue weighted by atomic mass is 9.78. The van der Waals surface area contributed by atoms with Crippen LogP contribution in [0.3, 0.4) is 0 Å². The summed E-state index contributed by atoms with van der Waals surface area (Å²) in [6, 6.07) is 0. The lowest BCUT2D eigenvalue weighted by Crippen LogP contribution is -2.18. The van der Waals surface area contributed by atoms with E-state index in [2.05, 4.69) is 82.1 Å². The zero-order valence-electron chi connectivity index (χ0n) is 15.3. The molecule has 0 radical (unpaired) electrons. The summed E-state index contributed by atoms with van der Waals surface area (Å²) in [6.45, 7) is 30.1. The summed E-state index contributed by atoms with van der Waals surface area (Å²) in [7, 11) is 0. The van der Waals surface area contributed by atoms with Crippen molar-refractivity contribution in [1.29, 1.82) is 0 Å². The van der Waals surface area contributed by atoms with E-state index in [0.717, 1.165) is 12.3 Å². The molecule has 0 aromatic rings. The van der Waals surface area contributed by atoms with Crippen LogP contribution in [0.5, 0.6) is 0 Å². The van der Waals surface area contributed by atoms with Crippen molar-refractivity contribution in [3.63, 3.8) is 0 Å². The second-order valence-corrected chi connectivity index (χ2v) is 7.59. The average Bonchev–Trinajstić information content (AvgIpc) is 2.17. The minimum absolute atomic E-state index is 0.422. The standard InChI is InChI=1S/C9H20.C8H16.C2H4/c1-6-7-9(4,5)8(2)3;1-7(2)6-8(3,4)5;1-2/h8H,6-7H2,1-5H3;1,6H2,2-5H3;1-2H2. The van der Waals surface area contributed by atoms with Crippen molar-refractivity contribution >= 4 is 0 Å². The molecule has 0 atom stereocenters. The van der Waals surface area contributed by atoms with Crippen LogP contribution in [0.25, 0.3) is 0 Å². The predicted octanol–water partition coefficient (Wildman–Crippen LogP) is 7.27. The van der Waals surface area contributed by atoms with E-state index >= 15 is 0 Å². The van der Waals surface area contributed by atoms with E-state index in [0.29, 0.717) is 10.8 Å². The van der Waals surface area contributed by atoms with Crippen LogP contribution in [0.4, 0.5) is 0 Å². The molecule has 0 spiro atoms. The van der Waals surface area contributed by atoms with E-state index in [1.165, 1.54) is 18.4 Å². The van der Waals surface area contributed by atoms with E-state index in [1.807, 2.05) is 0 Å². The molecule has 0 heterocycles. The molecule has 0 aromatic carbocycles. The maximum Gasteiger partial charge on any atom is -0.0277 e. The molecule has 0 saturated heterocycles. The van der Waals surface area contributed by atoms with Crippen LogP contribution >= 0.6 is 0 Å². The van der Waals surface area contributed by atoms with Crippen molar-refractivity contribution in [3.8, 4) is 0 Å². The molecule has 0 rings (SSSR count). The molecule has 0 aromatic heterocycles.